The molecular formula is C68H42N4O. The van der Waals surface area contributed by atoms with Crippen LogP contribution in [0.1, 0.15) is 40.4 Å². The molecule has 5 nitrogen and oxygen atoms in total. The average Bonchev–Trinajstić information content (AvgIpc) is 4.17. The second-order valence-corrected chi connectivity index (χ2v) is 20.7. The van der Waals surface area contributed by atoms with E-state index >= 15 is 0 Å². The Hall–Kier alpha value is -9.32. The Morgan fingerprint density at radius 1 is 0.521 bits per heavy atom. The molecule has 5 heteroatoms. The molecule has 3 aliphatic carbocycles. The van der Waals surface area contributed by atoms with Crippen molar-refractivity contribution < 1.29 is 4.42 Å². The Balaban J connectivity index is 0.933. The Labute approximate surface area is 419 Å². The van der Waals surface area contributed by atoms with E-state index < -0.39 is 5.41 Å². The molecular weight excluding hydrogens is 889 g/mol. The van der Waals surface area contributed by atoms with E-state index in [2.05, 4.69) is 228 Å². The normalized spacial score (nSPS) is 16.6. The third-order valence-corrected chi connectivity index (χ3v) is 16.9. The maximum Gasteiger partial charge on any atom is 0.236 e. The van der Waals surface area contributed by atoms with Gasteiger partial charge in [0.1, 0.15) is 16.8 Å². The van der Waals surface area contributed by atoms with Crippen molar-refractivity contribution in [3.8, 4) is 45.1 Å². The quantitative estimate of drug-likeness (QED) is 0.177. The molecule has 9 aromatic carbocycles. The first kappa shape index (κ1) is 39.4. The Morgan fingerprint density at radius 3 is 2.10 bits per heavy atom. The van der Waals surface area contributed by atoms with Crippen LogP contribution in [0.15, 0.2) is 228 Å². The van der Waals surface area contributed by atoms with Gasteiger partial charge < -0.3 is 8.98 Å². The molecule has 5 heterocycles. The molecule has 1 unspecified atom stereocenters. The summed E-state index contributed by atoms with van der Waals surface area (Å²) in [5.41, 5.74) is 22.2. The third kappa shape index (κ3) is 5.05. The molecule has 1 spiro atoms. The predicted octanol–water partition coefficient (Wildman–Crippen LogP) is 16.7. The van der Waals surface area contributed by atoms with E-state index in [0.717, 1.165) is 72.5 Å². The maximum atomic E-state index is 6.65. The standard InChI is InChI=1S/C68H42N4O/c1-67-34-13-12-17-45(67)38-59-52(39-67)50-22-14-25-56-64(50)71(59)60-37-43(31-33-55(60)68(56)53-23-8-4-18-46(53)47-19-5-9-24-54(47)68)42-30-32-49-48-20-6-10-26-57(48)72(58(49)36-42)66-69-62(44-29-28-40-15-2-3-16-41(40)35-44)65-63(70-66)51-21-7-11-27-61(51)73-65/h2-38H,39H2,1H3. The first-order valence-electron chi connectivity index (χ1n) is 25.4. The van der Waals surface area contributed by atoms with Crippen LogP contribution in [0.25, 0.3) is 117 Å². The number of nitrogens with zero attached hydrogens (tertiary/aromatic N) is 4. The lowest BCUT2D eigenvalue weighted by Crippen LogP contribution is -2.33. The lowest BCUT2D eigenvalue weighted by Gasteiger charge is -2.40. The van der Waals surface area contributed by atoms with Crippen LogP contribution in [0.4, 0.5) is 0 Å². The minimum absolute atomic E-state index is 0.0804. The van der Waals surface area contributed by atoms with Gasteiger partial charge in [0.15, 0.2) is 5.58 Å². The summed E-state index contributed by atoms with van der Waals surface area (Å²) in [7, 11) is 0. The van der Waals surface area contributed by atoms with E-state index in [4.69, 9.17) is 14.4 Å². The van der Waals surface area contributed by atoms with E-state index in [1.807, 2.05) is 12.1 Å². The van der Waals surface area contributed by atoms with Gasteiger partial charge in [0.25, 0.3) is 0 Å². The zero-order chi connectivity index (χ0) is 47.7. The van der Waals surface area contributed by atoms with Crippen LogP contribution in [-0.4, -0.2) is 19.1 Å². The lowest BCUT2D eigenvalue weighted by molar-refractivity contribution is 0.517. The van der Waals surface area contributed by atoms with Crippen molar-refractivity contribution in [2.45, 2.75) is 18.8 Å². The molecule has 0 fully saturated rings. The molecule has 340 valence electrons. The summed E-state index contributed by atoms with van der Waals surface area (Å²) >= 11 is 0. The van der Waals surface area contributed by atoms with Crippen LogP contribution in [-0.2, 0) is 11.8 Å². The van der Waals surface area contributed by atoms with E-state index in [9.17, 15) is 0 Å². The summed E-state index contributed by atoms with van der Waals surface area (Å²) in [4.78, 5) is 10.9. The van der Waals surface area contributed by atoms with Crippen molar-refractivity contribution in [2.24, 2.45) is 5.41 Å². The van der Waals surface area contributed by atoms with E-state index in [0.29, 0.717) is 11.5 Å². The second kappa shape index (κ2) is 14.0. The molecule has 1 aliphatic heterocycles. The monoisotopic (exact) mass is 930 g/mol. The first-order chi connectivity index (χ1) is 36.0. The predicted molar refractivity (Wildman–Crippen MR) is 298 cm³/mol. The highest BCUT2D eigenvalue weighted by atomic mass is 16.3. The Bertz CT molecular complexity index is 4700. The van der Waals surface area contributed by atoms with Gasteiger partial charge in [-0.15, -0.1) is 0 Å². The van der Waals surface area contributed by atoms with Gasteiger partial charge in [-0.3, -0.25) is 4.57 Å². The maximum absolute atomic E-state index is 6.65. The van der Waals surface area contributed by atoms with Gasteiger partial charge in [0.2, 0.25) is 5.95 Å². The molecule has 73 heavy (non-hydrogen) atoms. The fourth-order valence-electron chi connectivity index (χ4n) is 13.7. The van der Waals surface area contributed by atoms with Crippen molar-refractivity contribution in [3.63, 3.8) is 0 Å². The molecule has 1 atom stereocenters. The largest absolute Gasteiger partial charge is 0.452 e. The first-order valence-corrected chi connectivity index (χ1v) is 25.4. The molecule has 17 rings (SSSR count). The highest BCUT2D eigenvalue weighted by Crippen LogP contribution is 2.62. The van der Waals surface area contributed by atoms with Gasteiger partial charge in [-0.2, -0.15) is 0 Å². The van der Waals surface area contributed by atoms with Crippen molar-refractivity contribution in [1.29, 1.82) is 0 Å². The summed E-state index contributed by atoms with van der Waals surface area (Å²) in [5, 5.41) is 6.90. The van der Waals surface area contributed by atoms with Crippen LogP contribution in [0, 0.1) is 5.41 Å². The molecule has 0 saturated heterocycles. The number of benzene rings is 9. The number of rotatable bonds is 3. The summed E-state index contributed by atoms with van der Waals surface area (Å²) in [6.07, 6.45) is 12.5. The highest BCUT2D eigenvalue weighted by molar-refractivity contribution is 6.12. The van der Waals surface area contributed by atoms with Gasteiger partial charge in [-0.25, -0.2) is 9.97 Å². The van der Waals surface area contributed by atoms with Crippen LogP contribution in [0.2, 0.25) is 0 Å². The van der Waals surface area contributed by atoms with Crippen LogP contribution >= 0.6 is 0 Å². The highest BCUT2D eigenvalue weighted by Gasteiger charge is 2.51. The second-order valence-electron chi connectivity index (χ2n) is 20.7. The van der Waals surface area contributed by atoms with Crippen LogP contribution < -0.4 is 0 Å². The summed E-state index contributed by atoms with van der Waals surface area (Å²) in [5.74, 6) is 0.598. The molecule has 4 aliphatic rings. The summed E-state index contributed by atoms with van der Waals surface area (Å²) in [6, 6.07) is 71.4. The topological polar surface area (TPSA) is 48.8 Å². The molecule has 0 N–H and O–H groups in total. The molecule has 0 radical (unpaired) electrons. The number of allylic oxidation sites excluding steroid dienone is 5. The third-order valence-electron chi connectivity index (χ3n) is 16.9. The van der Waals surface area contributed by atoms with Crippen molar-refractivity contribution in [3.05, 3.63) is 258 Å². The van der Waals surface area contributed by atoms with Gasteiger partial charge in [0.05, 0.1) is 33.3 Å². The van der Waals surface area contributed by atoms with E-state index in [-0.39, 0.29) is 5.41 Å². The van der Waals surface area contributed by atoms with Gasteiger partial charge >= 0.3 is 0 Å². The number of hydrogen-bond acceptors (Lipinski definition) is 3. The van der Waals surface area contributed by atoms with Gasteiger partial charge in [-0.05, 0) is 115 Å². The zero-order valence-electron chi connectivity index (χ0n) is 39.8. The number of aromatic nitrogens is 4. The average molecular weight is 931 g/mol. The van der Waals surface area contributed by atoms with Crippen LogP contribution in [0.3, 0.4) is 0 Å². The number of furan rings is 1. The van der Waals surface area contributed by atoms with E-state index in [1.165, 1.54) is 72.2 Å². The number of hydrogen-bond donors (Lipinski definition) is 0. The fourth-order valence-corrected chi connectivity index (χ4v) is 13.7. The Kier molecular flexibility index (Phi) is 7.54. The van der Waals surface area contributed by atoms with Crippen molar-refractivity contribution >= 4 is 71.6 Å². The Morgan fingerprint density at radius 2 is 1.22 bits per heavy atom. The summed E-state index contributed by atoms with van der Waals surface area (Å²) < 4.78 is 11.5. The van der Waals surface area contributed by atoms with Gasteiger partial charge in [0, 0.05) is 32.5 Å². The van der Waals surface area contributed by atoms with Crippen molar-refractivity contribution in [1.82, 2.24) is 19.1 Å². The summed E-state index contributed by atoms with van der Waals surface area (Å²) in [6.45, 7) is 2.39. The SMILES string of the molecule is CC12C=CC=CC1=Cc1c(c3cccc4c3n1-c1cc(-c3ccc5c6ccccc6n(-c6nc(-c7ccc8ccccc8c7)c7oc8ccccc8c7n6)c5c3)ccc1C41c3ccccc3-c3ccccc31)C2. The molecule has 0 saturated carbocycles. The molecule has 0 bridgehead atoms. The van der Waals surface area contributed by atoms with E-state index in [1.54, 1.807) is 0 Å². The van der Waals surface area contributed by atoms with Crippen molar-refractivity contribution in [2.75, 3.05) is 0 Å². The number of para-hydroxylation sites is 3. The minimum atomic E-state index is -0.520. The van der Waals surface area contributed by atoms with Crippen LogP contribution in [0.5, 0.6) is 0 Å². The van der Waals surface area contributed by atoms with Gasteiger partial charge in [-0.1, -0.05) is 189 Å². The fraction of sp³-hybridized carbons (Fsp3) is 0.0588. The lowest BCUT2D eigenvalue weighted by atomic mass is 9.65. The molecule has 0 amide bonds. The zero-order valence-corrected chi connectivity index (χ0v) is 39.8. The smallest absolute Gasteiger partial charge is 0.236 e. The minimum Gasteiger partial charge on any atom is -0.452 e. The molecule has 4 aromatic heterocycles. The molecule has 13 aromatic rings. The number of fused-ring (bicyclic) bond motifs is 20.